The molecule has 1 spiro atoms. The highest BCUT2D eigenvalue weighted by molar-refractivity contribution is 6.33. The number of benzene rings is 1. The molecule has 0 amide bonds. The fourth-order valence-electron chi connectivity index (χ4n) is 5.48. The Morgan fingerprint density at radius 2 is 2.07 bits per heavy atom. The van der Waals surface area contributed by atoms with Crippen LogP contribution in [0.4, 0.5) is 10.2 Å². The number of carbonyl (C=O) groups excluding carboxylic acids is 1. The van der Waals surface area contributed by atoms with Crippen molar-refractivity contribution in [2.75, 3.05) is 31.1 Å². The van der Waals surface area contributed by atoms with Gasteiger partial charge in [0.05, 0.1) is 22.5 Å². The van der Waals surface area contributed by atoms with Crippen LogP contribution in [0, 0.1) is 11.2 Å². The molecule has 2 aliphatic rings. The van der Waals surface area contributed by atoms with E-state index < -0.39 is 5.82 Å². The number of rotatable bonds is 12. The van der Waals surface area contributed by atoms with E-state index >= 15 is 0 Å². The molecule has 10 nitrogen and oxygen atoms in total. The third kappa shape index (κ3) is 5.48. The van der Waals surface area contributed by atoms with E-state index in [1.54, 1.807) is 6.07 Å². The predicted molar refractivity (Wildman–Crippen MR) is 159 cm³/mol. The summed E-state index contributed by atoms with van der Waals surface area (Å²) in [6.07, 6.45) is 6.69. The highest BCUT2D eigenvalue weighted by Crippen LogP contribution is 2.51. The topological polar surface area (TPSA) is 118 Å². The molecule has 1 aromatic carbocycles. The third-order valence-electron chi connectivity index (χ3n) is 7.87. The van der Waals surface area contributed by atoms with Gasteiger partial charge in [0, 0.05) is 44.1 Å². The van der Waals surface area contributed by atoms with Crippen molar-refractivity contribution < 1.29 is 18.7 Å². The summed E-state index contributed by atoms with van der Waals surface area (Å²) in [7, 11) is 0. The van der Waals surface area contributed by atoms with Crippen LogP contribution in [0.2, 0.25) is 10.2 Å². The molecule has 6 rings (SSSR count). The summed E-state index contributed by atoms with van der Waals surface area (Å²) >= 11 is 12.9. The maximum absolute atomic E-state index is 14.7. The van der Waals surface area contributed by atoms with Gasteiger partial charge in [0.15, 0.2) is 11.5 Å². The first-order valence-corrected chi connectivity index (χ1v) is 14.7. The molecular weight excluding hydrogens is 584 g/mol. The molecule has 4 heterocycles. The summed E-state index contributed by atoms with van der Waals surface area (Å²) in [5.41, 5.74) is 0.825. The first-order chi connectivity index (χ1) is 20.3. The van der Waals surface area contributed by atoms with E-state index in [-0.39, 0.29) is 45.1 Å². The number of nitrogens with zero attached hydrogens (tertiary/aromatic N) is 5. The number of hydrogen-bond donors (Lipinski definition) is 2. The van der Waals surface area contributed by atoms with Crippen molar-refractivity contribution in [1.82, 2.24) is 30.5 Å². The van der Waals surface area contributed by atoms with Crippen LogP contribution in [0.3, 0.4) is 0 Å². The van der Waals surface area contributed by atoms with Crippen LogP contribution < -0.4 is 19.7 Å². The Balaban J connectivity index is 1.47. The van der Waals surface area contributed by atoms with Gasteiger partial charge in [0.25, 0.3) is 0 Å². The minimum Gasteiger partial charge on any atom is -0.458 e. The minimum atomic E-state index is -0.680. The number of allylic oxidation sites excluding steroid dienone is 1. The largest absolute Gasteiger partial charge is 0.458 e. The zero-order valence-corrected chi connectivity index (χ0v) is 24.6. The fourth-order valence-corrected chi connectivity index (χ4v) is 5.86. The van der Waals surface area contributed by atoms with Crippen LogP contribution in [-0.2, 0) is 4.79 Å². The molecule has 42 heavy (non-hydrogen) atoms. The van der Waals surface area contributed by atoms with Gasteiger partial charge in [-0.3, -0.25) is 9.89 Å². The van der Waals surface area contributed by atoms with Crippen LogP contribution in [0.1, 0.15) is 39.0 Å². The Morgan fingerprint density at radius 3 is 2.83 bits per heavy atom. The van der Waals surface area contributed by atoms with Gasteiger partial charge in [-0.1, -0.05) is 36.7 Å². The Bertz CT molecular complexity index is 1680. The van der Waals surface area contributed by atoms with Gasteiger partial charge < -0.3 is 19.7 Å². The van der Waals surface area contributed by atoms with Crippen molar-refractivity contribution in [3.05, 3.63) is 47.0 Å². The van der Waals surface area contributed by atoms with Crippen molar-refractivity contribution in [2.24, 2.45) is 5.41 Å². The smallest absolute Gasteiger partial charge is 0.319 e. The van der Waals surface area contributed by atoms with Crippen molar-refractivity contribution >= 4 is 56.6 Å². The van der Waals surface area contributed by atoms with Crippen LogP contribution in [-0.4, -0.2) is 63.2 Å². The normalized spacial score (nSPS) is 17.2. The number of H-pyrrole nitrogens is 1. The van der Waals surface area contributed by atoms with E-state index in [1.807, 2.05) is 0 Å². The lowest BCUT2D eigenvalue weighted by molar-refractivity contribution is -0.114. The predicted octanol–water partition coefficient (Wildman–Crippen LogP) is 6.02. The third-order valence-corrected chi connectivity index (χ3v) is 8.42. The Labute approximate surface area is 251 Å². The first kappa shape index (κ1) is 28.6. The van der Waals surface area contributed by atoms with Crippen LogP contribution in [0.25, 0.3) is 21.8 Å². The van der Waals surface area contributed by atoms with Crippen molar-refractivity contribution in [3.8, 4) is 17.6 Å². The quantitative estimate of drug-likeness (QED) is 0.146. The highest BCUT2D eigenvalue weighted by atomic mass is 35.5. The molecule has 13 heteroatoms. The number of anilines is 1. The van der Waals surface area contributed by atoms with E-state index in [0.29, 0.717) is 60.1 Å². The molecular formula is C29H30Cl2FN7O3. The number of ether oxygens (including phenoxy) is 2. The number of carbonyl (C=O) groups is 1. The maximum Gasteiger partial charge on any atom is 0.319 e. The SMILES string of the molecule is C=CC(=O)CCCN(CCC)c1nc(OC2CNCC23CC3)nc2c(Oc3c(Cl)c(F)cc4[nH]ncc34)nc(Cl)cc12. The van der Waals surface area contributed by atoms with E-state index in [4.69, 9.17) is 42.6 Å². The lowest BCUT2D eigenvalue weighted by atomic mass is 10.0. The van der Waals surface area contributed by atoms with E-state index in [0.717, 1.165) is 25.8 Å². The Morgan fingerprint density at radius 1 is 1.24 bits per heavy atom. The average Bonchev–Trinajstić information content (AvgIpc) is 3.43. The molecule has 4 aromatic rings. The maximum atomic E-state index is 14.7. The molecule has 1 unspecified atom stereocenters. The summed E-state index contributed by atoms with van der Waals surface area (Å²) in [5.74, 6) is -0.0753. The number of ketones is 1. The second-order valence-electron chi connectivity index (χ2n) is 10.8. The van der Waals surface area contributed by atoms with Crippen molar-refractivity contribution in [3.63, 3.8) is 0 Å². The molecule has 220 valence electrons. The number of nitrogens with one attached hydrogen (secondary N) is 2. The molecule has 2 fully saturated rings. The summed E-state index contributed by atoms with van der Waals surface area (Å²) in [6.45, 7) is 8.43. The molecule has 1 aliphatic carbocycles. The molecule has 0 bridgehead atoms. The Hall–Kier alpha value is -3.54. The summed E-state index contributed by atoms with van der Waals surface area (Å²) in [6, 6.07) is 3.09. The number of aromatic nitrogens is 5. The van der Waals surface area contributed by atoms with Gasteiger partial charge in [0.1, 0.15) is 33.4 Å². The molecule has 1 aliphatic heterocycles. The van der Waals surface area contributed by atoms with Gasteiger partial charge in [-0.25, -0.2) is 4.39 Å². The van der Waals surface area contributed by atoms with Crippen LogP contribution in [0.5, 0.6) is 17.6 Å². The van der Waals surface area contributed by atoms with E-state index in [1.165, 1.54) is 18.3 Å². The number of hydrogen-bond acceptors (Lipinski definition) is 9. The lowest BCUT2D eigenvalue weighted by Gasteiger charge is -2.26. The second kappa shape index (κ2) is 11.6. The molecule has 3 aromatic heterocycles. The van der Waals surface area contributed by atoms with Crippen LogP contribution in [0.15, 0.2) is 31.0 Å². The van der Waals surface area contributed by atoms with Gasteiger partial charge >= 0.3 is 6.01 Å². The molecule has 1 saturated heterocycles. The Kier molecular flexibility index (Phi) is 7.91. The summed E-state index contributed by atoms with van der Waals surface area (Å²) < 4.78 is 27.3. The van der Waals surface area contributed by atoms with Crippen LogP contribution >= 0.6 is 23.2 Å². The van der Waals surface area contributed by atoms with Crippen molar-refractivity contribution in [1.29, 1.82) is 0 Å². The number of halogens is 3. The number of pyridine rings is 1. The first-order valence-electron chi connectivity index (χ1n) is 14.0. The zero-order valence-electron chi connectivity index (χ0n) is 23.1. The summed E-state index contributed by atoms with van der Waals surface area (Å²) in [4.78, 5) is 28.0. The lowest BCUT2D eigenvalue weighted by Crippen LogP contribution is -2.30. The number of fused-ring (bicyclic) bond motifs is 2. The molecule has 1 atom stereocenters. The number of aromatic amines is 1. The molecule has 2 N–H and O–H groups in total. The zero-order chi connectivity index (χ0) is 29.4. The summed E-state index contributed by atoms with van der Waals surface area (Å²) in [5, 5.41) is 11.1. The van der Waals surface area contributed by atoms with Gasteiger partial charge in [-0.15, -0.1) is 0 Å². The molecule has 1 saturated carbocycles. The second-order valence-corrected chi connectivity index (χ2v) is 11.5. The molecule has 0 radical (unpaired) electrons. The van der Waals surface area contributed by atoms with Gasteiger partial charge in [-0.2, -0.15) is 20.1 Å². The van der Waals surface area contributed by atoms with Crippen molar-refractivity contribution in [2.45, 2.75) is 45.1 Å². The van der Waals surface area contributed by atoms with E-state index in [2.05, 4.69) is 38.9 Å². The van der Waals surface area contributed by atoms with Gasteiger partial charge in [-0.05, 0) is 37.8 Å². The fraction of sp³-hybridized carbons (Fsp3) is 0.414. The van der Waals surface area contributed by atoms with Gasteiger partial charge in [0.2, 0.25) is 5.88 Å². The average molecular weight is 615 g/mol. The highest BCUT2D eigenvalue weighted by Gasteiger charge is 2.54. The van der Waals surface area contributed by atoms with E-state index in [9.17, 15) is 9.18 Å². The standard InChI is InChI=1S/C29H30Cl2FN7O3/c1-3-9-39(10-5-6-16(40)4-2)26-17-11-22(30)35-27(42-25-18-13-34-38-20(18)12-19(32)23(25)31)24(17)36-28(37-26)41-21-14-33-15-29(21)7-8-29/h4,11-13,21,33H,2-3,5-10,14-15H2,1H3,(H,34,38). The minimum absolute atomic E-state index is 0.0185. The monoisotopic (exact) mass is 613 g/mol.